The quantitative estimate of drug-likeness (QED) is 0.716. The number of halogens is 2. The lowest BCUT2D eigenvalue weighted by molar-refractivity contribution is 0.456. The van der Waals surface area contributed by atoms with Crippen molar-refractivity contribution >= 4 is 24.0 Å². The van der Waals surface area contributed by atoms with E-state index in [2.05, 4.69) is 0 Å². The molecule has 92 valence electrons. The number of para-hydroxylation sites is 1. The highest BCUT2D eigenvalue weighted by molar-refractivity contribution is 6.32. The van der Waals surface area contributed by atoms with Gasteiger partial charge in [0.25, 0.3) is 0 Å². The molecule has 0 spiro atoms. The van der Waals surface area contributed by atoms with E-state index >= 15 is 0 Å². The van der Waals surface area contributed by atoms with Crippen molar-refractivity contribution in [3.63, 3.8) is 0 Å². The second-order valence-corrected chi connectivity index (χ2v) is 3.98. The summed E-state index contributed by atoms with van der Waals surface area (Å²) < 4.78 is 0. The van der Waals surface area contributed by atoms with Crippen molar-refractivity contribution in [2.24, 2.45) is 11.5 Å². The van der Waals surface area contributed by atoms with Crippen molar-refractivity contribution in [3.05, 3.63) is 28.8 Å². The lowest BCUT2D eigenvalue weighted by Crippen LogP contribution is -2.11. The first-order valence-electron chi connectivity index (χ1n) is 5.10. The molecular weight excluding hydrogens is 247 g/mol. The molecule has 0 aromatic heterocycles. The van der Waals surface area contributed by atoms with E-state index in [0.29, 0.717) is 17.1 Å². The number of phenolic OH excluding ortho intramolecular Hbond substituents is 1. The molecule has 3 nitrogen and oxygen atoms in total. The second kappa shape index (κ2) is 7.74. The maximum absolute atomic E-state index is 9.69. The van der Waals surface area contributed by atoms with Gasteiger partial charge in [-0.2, -0.15) is 0 Å². The van der Waals surface area contributed by atoms with E-state index in [9.17, 15) is 5.11 Å². The van der Waals surface area contributed by atoms with Crippen LogP contribution in [0.15, 0.2) is 18.2 Å². The molecule has 5 heteroatoms. The summed E-state index contributed by atoms with van der Waals surface area (Å²) in [6.07, 6.45) is 2.73. The molecule has 0 bridgehead atoms. The zero-order chi connectivity index (χ0) is 11.3. The molecule has 1 aromatic carbocycles. The van der Waals surface area contributed by atoms with Gasteiger partial charge in [-0.05, 0) is 25.5 Å². The topological polar surface area (TPSA) is 72.3 Å². The number of hydrogen-bond donors (Lipinski definition) is 3. The van der Waals surface area contributed by atoms with Crippen LogP contribution in [0.2, 0.25) is 5.02 Å². The fourth-order valence-corrected chi connectivity index (χ4v) is 1.68. The number of rotatable bonds is 5. The molecule has 5 N–H and O–H groups in total. The normalized spacial score (nSPS) is 11.9. The third-order valence-corrected chi connectivity index (χ3v) is 2.69. The van der Waals surface area contributed by atoms with Crippen LogP contribution in [0.1, 0.15) is 30.9 Å². The van der Waals surface area contributed by atoms with Crippen LogP contribution in [-0.4, -0.2) is 11.7 Å². The summed E-state index contributed by atoms with van der Waals surface area (Å²) in [5, 5.41) is 10.0. The summed E-state index contributed by atoms with van der Waals surface area (Å²) in [5.74, 6) is 0.0967. The molecule has 1 rings (SSSR count). The molecule has 1 atom stereocenters. The number of nitrogens with two attached hydrogens (primary N) is 2. The zero-order valence-electron chi connectivity index (χ0n) is 9.03. The Morgan fingerprint density at radius 3 is 2.62 bits per heavy atom. The van der Waals surface area contributed by atoms with Crippen molar-refractivity contribution in [2.45, 2.75) is 25.3 Å². The van der Waals surface area contributed by atoms with Crippen LogP contribution in [0.4, 0.5) is 0 Å². The predicted molar refractivity (Wildman–Crippen MR) is 70.2 cm³/mol. The Balaban J connectivity index is 0.00000225. The van der Waals surface area contributed by atoms with Gasteiger partial charge in [-0.1, -0.05) is 30.2 Å². The summed E-state index contributed by atoms with van der Waals surface area (Å²) in [6.45, 7) is 0.675. The Hall–Kier alpha value is -0.480. The van der Waals surface area contributed by atoms with Crippen molar-refractivity contribution in [2.75, 3.05) is 6.54 Å². The van der Waals surface area contributed by atoms with E-state index < -0.39 is 0 Å². The number of aromatic hydroxyl groups is 1. The summed E-state index contributed by atoms with van der Waals surface area (Å²) in [6, 6.07) is 5.07. The first kappa shape index (κ1) is 15.5. The third-order valence-electron chi connectivity index (χ3n) is 2.39. The van der Waals surface area contributed by atoms with Gasteiger partial charge >= 0.3 is 0 Å². The molecule has 0 heterocycles. The molecule has 0 saturated heterocycles. The van der Waals surface area contributed by atoms with Gasteiger partial charge in [0, 0.05) is 11.6 Å². The molecule has 0 aliphatic rings. The maximum Gasteiger partial charge on any atom is 0.138 e. The van der Waals surface area contributed by atoms with Crippen molar-refractivity contribution in [1.29, 1.82) is 0 Å². The molecule has 0 amide bonds. The Morgan fingerprint density at radius 1 is 1.31 bits per heavy atom. The minimum Gasteiger partial charge on any atom is -0.506 e. The summed E-state index contributed by atoms with van der Waals surface area (Å²) in [7, 11) is 0. The first-order chi connectivity index (χ1) is 7.16. The number of hydrogen-bond acceptors (Lipinski definition) is 3. The number of unbranched alkanes of at least 4 members (excludes halogenated alkanes) is 1. The molecule has 16 heavy (non-hydrogen) atoms. The lowest BCUT2D eigenvalue weighted by atomic mass is 10.0. The molecular formula is C11H18Cl2N2O. The third kappa shape index (κ3) is 4.18. The zero-order valence-corrected chi connectivity index (χ0v) is 10.6. The lowest BCUT2D eigenvalue weighted by Gasteiger charge is -2.13. The van der Waals surface area contributed by atoms with E-state index in [1.165, 1.54) is 0 Å². The molecule has 0 radical (unpaired) electrons. The van der Waals surface area contributed by atoms with Gasteiger partial charge in [0.15, 0.2) is 0 Å². The van der Waals surface area contributed by atoms with Crippen LogP contribution < -0.4 is 11.5 Å². The molecule has 0 fully saturated rings. The fraction of sp³-hybridized carbons (Fsp3) is 0.455. The van der Waals surface area contributed by atoms with Gasteiger partial charge in [-0.25, -0.2) is 0 Å². The van der Waals surface area contributed by atoms with Crippen LogP contribution in [0.3, 0.4) is 0 Å². The van der Waals surface area contributed by atoms with Crippen molar-refractivity contribution < 1.29 is 5.11 Å². The predicted octanol–water partition coefficient (Wildman–Crippen LogP) is 2.60. The van der Waals surface area contributed by atoms with Gasteiger partial charge in [-0.15, -0.1) is 12.4 Å². The summed E-state index contributed by atoms with van der Waals surface area (Å²) >= 11 is 5.79. The van der Waals surface area contributed by atoms with E-state index in [1.807, 2.05) is 0 Å². The highest BCUT2D eigenvalue weighted by Crippen LogP contribution is 2.32. The average molecular weight is 265 g/mol. The van der Waals surface area contributed by atoms with E-state index in [4.69, 9.17) is 23.1 Å². The van der Waals surface area contributed by atoms with Crippen LogP contribution in [0.5, 0.6) is 5.75 Å². The van der Waals surface area contributed by atoms with Gasteiger partial charge < -0.3 is 16.6 Å². The molecule has 1 aromatic rings. The largest absolute Gasteiger partial charge is 0.506 e. The molecule has 0 aliphatic carbocycles. The average Bonchev–Trinajstić information content (AvgIpc) is 2.22. The van der Waals surface area contributed by atoms with Crippen LogP contribution in [0.25, 0.3) is 0 Å². The Kier molecular flexibility index (Phi) is 7.51. The molecule has 0 aliphatic heterocycles. The fourth-order valence-electron chi connectivity index (χ4n) is 1.50. The number of benzene rings is 1. The van der Waals surface area contributed by atoms with Crippen molar-refractivity contribution in [1.82, 2.24) is 0 Å². The second-order valence-electron chi connectivity index (χ2n) is 3.57. The first-order valence-corrected chi connectivity index (χ1v) is 5.47. The van der Waals surface area contributed by atoms with E-state index in [0.717, 1.165) is 19.3 Å². The van der Waals surface area contributed by atoms with Crippen molar-refractivity contribution in [3.8, 4) is 5.75 Å². The van der Waals surface area contributed by atoms with Gasteiger partial charge in [0.1, 0.15) is 5.75 Å². The minimum atomic E-state index is -0.171. The van der Waals surface area contributed by atoms with Gasteiger partial charge in [0.2, 0.25) is 0 Å². The monoisotopic (exact) mass is 264 g/mol. The Morgan fingerprint density at radius 2 is 2.00 bits per heavy atom. The maximum atomic E-state index is 9.69. The SMILES string of the molecule is Cl.NCCCC[C@@H](N)c1cccc(Cl)c1O. The van der Waals surface area contributed by atoms with Gasteiger partial charge in [0.05, 0.1) is 5.02 Å². The molecule has 0 unspecified atom stereocenters. The molecule has 0 saturated carbocycles. The number of phenols is 1. The van der Waals surface area contributed by atoms with E-state index in [-0.39, 0.29) is 24.2 Å². The van der Waals surface area contributed by atoms with Crippen LogP contribution in [-0.2, 0) is 0 Å². The Bertz CT molecular complexity index is 321. The van der Waals surface area contributed by atoms with Crippen LogP contribution >= 0.6 is 24.0 Å². The highest BCUT2D eigenvalue weighted by atomic mass is 35.5. The van der Waals surface area contributed by atoms with E-state index in [1.54, 1.807) is 18.2 Å². The summed E-state index contributed by atoms with van der Waals surface area (Å²) in [5.41, 5.74) is 12.1. The minimum absolute atomic E-state index is 0. The summed E-state index contributed by atoms with van der Waals surface area (Å²) in [4.78, 5) is 0. The standard InChI is InChI=1S/C11H17ClN2O.ClH/c12-9-5-3-4-8(11(9)15)10(14)6-1-2-7-13;/h3-5,10,15H,1-2,6-7,13-14H2;1H/t10-;/m1./s1. The highest BCUT2D eigenvalue weighted by Gasteiger charge is 2.12. The van der Waals surface area contributed by atoms with Gasteiger partial charge in [-0.3, -0.25) is 0 Å². The van der Waals surface area contributed by atoms with Crippen LogP contribution in [0, 0.1) is 0 Å². The Labute approximate surface area is 107 Å². The smallest absolute Gasteiger partial charge is 0.138 e.